The Morgan fingerprint density at radius 1 is 1.00 bits per heavy atom. The second-order valence-corrected chi connectivity index (χ2v) is 9.40. The Morgan fingerprint density at radius 3 is 2.32 bits per heavy atom. The molecule has 0 fully saturated rings. The quantitative estimate of drug-likeness (QED) is 0.490. The van der Waals surface area contributed by atoms with Gasteiger partial charge in [-0.1, -0.05) is 67.3 Å². The first-order chi connectivity index (χ1) is 14.7. The van der Waals surface area contributed by atoms with Gasteiger partial charge in [0.05, 0.1) is 5.75 Å². The summed E-state index contributed by atoms with van der Waals surface area (Å²) in [7, 11) is -3.73. The molecule has 0 heterocycles. The molecule has 3 aromatic rings. The Kier molecular flexibility index (Phi) is 6.77. The van der Waals surface area contributed by atoms with Gasteiger partial charge in [-0.2, -0.15) is 4.72 Å². The number of amides is 1. The minimum Gasteiger partial charge on any atom is -0.489 e. The van der Waals surface area contributed by atoms with Crippen molar-refractivity contribution in [2.45, 2.75) is 25.1 Å². The molecule has 7 heteroatoms. The fourth-order valence-electron chi connectivity index (χ4n) is 3.20. The lowest BCUT2D eigenvalue weighted by Gasteiger charge is -2.25. The summed E-state index contributed by atoms with van der Waals surface area (Å²) in [6, 6.07) is 19.9. The summed E-state index contributed by atoms with van der Waals surface area (Å²) in [6.45, 7) is 7.10. The minimum atomic E-state index is -3.73. The third kappa shape index (κ3) is 5.71. The van der Waals surface area contributed by atoms with Gasteiger partial charge in [-0.15, -0.1) is 0 Å². The van der Waals surface area contributed by atoms with E-state index in [1.165, 1.54) is 13.8 Å². The van der Waals surface area contributed by atoms with Crippen molar-refractivity contribution in [3.63, 3.8) is 0 Å². The van der Waals surface area contributed by atoms with E-state index in [9.17, 15) is 13.2 Å². The number of hydrogen-bond acceptors (Lipinski definition) is 4. The molecule has 31 heavy (non-hydrogen) atoms. The highest BCUT2D eigenvalue weighted by Gasteiger charge is 2.33. The van der Waals surface area contributed by atoms with Crippen LogP contribution in [0.2, 0.25) is 0 Å². The average molecular weight is 439 g/mol. The topological polar surface area (TPSA) is 84.5 Å². The molecule has 2 N–H and O–H groups in total. The summed E-state index contributed by atoms with van der Waals surface area (Å²) in [5.74, 6) is 0.00777. The number of anilines is 1. The number of ether oxygens (including phenoxy) is 1. The number of carbonyl (C=O) groups excluding carboxylic acids is 1. The molecule has 0 radical (unpaired) electrons. The fourth-order valence-corrected chi connectivity index (χ4v) is 4.77. The first-order valence-electron chi connectivity index (χ1n) is 9.84. The normalized spacial score (nSPS) is 11.8. The maximum atomic E-state index is 13.0. The van der Waals surface area contributed by atoms with Crippen molar-refractivity contribution < 1.29 is 17.9 Å². The third-order valence-electron chi connectivity index (χ3n) is 4.67. The maximum Gasteiger partial charge on any atom is 0.245 e. The van der Waals surface area contributed by atoms with Crippen molar-refractivity contribution in [1.82, 2.24) is 4.72 Å². The Balaban J connectivity index is 1.80. The van der Waals surface area contributed by atoms with E-state index in [0.717, 1.165) is 10.8 Å². The molecular formula is C24H26N2O4S. The zero-order valence-electron chi connectivity index (χ0n) is 17.6. The smallest absolute Gasteiger partial charge is 0.245 e. The van der Waals surface area contributed by atoms with Gasteiger partial charge in [0.25, 0.3) is 0 Å². The van der Waals surface area contributed by atoms with E-state index in [1.54, 1.807) is 42.5 Å². The monoisotopic (exact) mass is 438 g/mol. The number of benzene rings is 3. The van der Waals surface area contributed by atoms with Gasteiger partial charge in [0.2, 0.25) is 15.9 Å². The number of nitrogens with one attached hydrogen (secondary N) is 2. The van der Waals surface area contributed by atoms with Crippen LogP contribution in [0.1, 0.15) is 19.4 Å². The lowest BCUT2D eigenvalue weighted by molar-refractivity contribution is -0.120. The molecule has 0 bridgehead atoms. The van der Waals surface area contributed by atoms with Crippen molar-refractivity contribution in [3.8, 4) is 5.75 Å². The van der Waals surface area contributed by atoms with Crippen LogP contribution >= 0.6 is 0 Å². The van der Waals surface area contributed by atoms with Crippen LogP contribution in [0.25, 0.3) is 10.8 Å². The van der Waals surface area contributed by atoms with Gasteiger partial charge in [0.15, 0.2) is 0 Å². The van der Waals surface area contributed by atoms with Crippen LogP contribution < -0.4 is 14.8 Å². The zero-order valence-corrected chi connectivity index (χ0v) is 18.4. The van der Waals surface area contributed by atoms with Gasteiger partial charge in [-0.3, -0.25) is 4.79 Å². The minimum absolute atomic E-state index is 0.206. The van der Waals surface area contributed by atoms with Gasteiger partial charge in [0, 0.05) is 16.5 Å². The molecule has 162 valence electrons. The van der Waals surface area contributed by atoms with Crippen molar-refractivity contribution in [3.05, 3.63) is 84.9 Å². The molecule has 0 aromatic heterocycles. The van der Waals surface area contributed by atoms with E-state index in [2.05, 4.69) is 16.6 Å². The van der Waals surface area contributed by atoms with Gasteiger partial charge < -0.3 is 10.1 Å². The Morgan fingerprint density at radius 2 is 1.65 bits per heavy atom. The summed E-state index contributed by atoms with van der Waals surface area (Å²) >= 11 is 0. The highest BCUT2D eigenvalue weighted by Crippen LogP contribution is 2.32. The first-order valence-corrected chi connectivity index (χ1v) is 11.5. The van der Waals surface area contributed by atoms with E-state index in [-0.39, 0.29) is 5.75 Å². The predicted octanol–water partition coefficient (Wildman–Crippen LogP) is 4.24. The SMILES string of the molecule is C=CCOc1ccc(NC(=O)C(C)(C)NS(=O)(=O)Cc2ccccc2)c2ccccc12. The largest absolute Gasteiger partial charge is 0.489 e. The van der Waals surface area contributed by atoms with Gasteiger partial charge in [0.1, 0.15) is 17.9 Å². The zero-order chi connectivity index (χ0) is 22.5. The summed E-state index contributed by atoms with van der Waals surface area (Å²) in [4.78, 5) is 13.0. The fraction of sp³-hybridized carbons (Fsp3) is 0.208. The second-order valence-electron chi connectivity index (χ2n) is 7.68. The number of hydrogen-bond donors (Lipinski definition) is 2. The average Bonchev–Trinajstić information content (AvgIpc) is 2.72. The number of rotatable bonds is 9. The van der Waals surface area contributed by atoms with E-state index in [1.807, 2.05) is 30.3 Å². The molecule has 3 aromatic carbocycles. The lowest BCUT2D eigenvalue weighted by Crippen LogP contribution is -2.52. The highest BCUT2D eigenvalue weighted by molar-refractivity contribution is 7.88. The van der Waals surface area contributed by atoms with Crippen LogP contribution in [0.15, 0.2) is 79.4 Å². The van der Waals surface area contributed by atoms with E-state index >= 15 is 0 Å². The third-order valence-corrected chi connectivity index (χ3v) is 6.20. The lowest BCUT2D eigenvalue weighted by atomic mass is 10.0. The molecule has 0 spiro atoms. The molecule has 0 saturated heterocycles. The predicted molar refractivity (Wildman–Crippen MR) is 125 cm³/mol. The van der Waals surface area contributed by atoms with E-state index in [0.29, 0.717) is 23.6 Å². The molecule has 0 atom stereocenters. The van der Waals surface area contributed by atoms with Gasteiger partial charge in [-0.05, 0) is 31.5 Å². The van der Waals surface area contributed by atoms with Crippen molar-refractivity contribution in [2.75, 3.05) is 11.9 Å². The molecule has 0 saturated carbocycles. The molecule has 6 nitrogen and oxygen atoms in total. The molecule has 0 aliphatic rings. The van der Waals surface area contributed by atoms with Crippen LogP contribution in [0.3, 0.4) is 0 Å². The number of fused-ring (bicyclic) bond motifs is 1. The highest BCUT2D eigenvalue weighted by atomic mass is 32.2. The molecule has 3 rings (SSSR count). The molecular weight excluding hydrogens is 412 g/mol. The van der Waals surface area contributed by atoms with Crippen LogP contribution in [-0.4, -0.2) is 26.5 Å². The summed E-state index contributed by atoms with van der Waals surface area (Å²) in [5, 5.41) is 4.48. The molecule has 0 unspecified atom stereocenters. The van der Waals surface area contributed by atoms with Crippen molar-refractivity contribution in [1.29, 1.82) is 0 Å². The van der Waals surface area contributed by atoms with Crippen LogP contribution in [0.5, 0.6) is 5.75 Å². The maximum absolute atomic E-state index is 13.0. The Hall–Kier alpha value is -3.16. The van der Waals surface area contributed by atoms with Gasteiger partial charge >= 0.3 is 0 Å². The standard InChI is InChI=1S/C24H26N2O4S/c1-4-16-30-22-15-14-21(19-12-8-9-13-20(19)22)25-23(27)24(2,3)26-31(28,29)17-18-10-6-5-7-11-18/h4-15,26H,1,16-17H2,2-3H3,(H,25,27). The van der Waals surface area contributed by atoms with Crippen LogP contribution in [0.4, 0.5) is 5.69 Å². The van der Waals surface area contributed by atoms with Crippen molar-refractivity contribution in [2.24, 2.45) is 0 Å². The number of sulfonamides is 1. The van der Waals surface area contributed by atoms with E-state index < -0.39 is 21.5 Å². The second kappa shape index (κ2) is 9.32. The van der Waals surface area contributed by atoms with E-state index in [4.69, 9.17) is 4.74 Å². The Labute approximate surface area is 183 Å². The number of carbonyl (C=O) groups is 1. The van der Waals surface area contributed by atoms with Crippen LogP contribution in [0, 0.1) is 0 Å². The first kappa shape index (κ1) is 22.5. The molecule has 0 aliphatic carbocycles. The summed E-state index contributed by atoms with van der Waals surface area (Å²) in [6.07, 6.45) is 1.66. The molecule has 1 amide bonds. The van der Waals surface area contributed by atoms with Crippen molar-refractivity contribution >= 4 is 32.4 Å². The Bertz CT molecular complexity index is 1190. The summed E-state index contributed by atoms with van der Waals surface area (Å²) in [5.41, 5.74) is -0.138. The molecule has 0 aliphatic heterocycles. The van der Waals surface area contributed by atoms with Crippen LogP contribution in [-0.2, 0) is 20.6 Å². The summed E-state index contributed by atoms with van der Waals surface area (Å²) < 4.78 is 33.4. The van der Waals surface area contributed by atoms with Gasteiger partial charge in [-0.25, -0.2) is 8.42 Å².